The number of rotatable bonds is 8. The molecule has 0 aromatic carbocycles. The predicted molar refractivity (Wildman–Crippen MR) is 92.3 cm³/mol. The average Bonchev–Trinajstić information content (AvgIpc) is 3.07. The van der Waals surface area contributed by atoms with Crippen molar-refractivity contribution in [2.75, 3.05) is 12.3 Å². The van der Waals surface area contributed by atoms with Gasteiger partial charge in [0, 0.05) is 0 Å². The van der Waals surface area contributed by atoms with Gasteiger partial charge in [-0.1, -0.05) is 0 Å². The first-order chi connectivity index (χ1) is 15.0. The van der Waals surface area contributed by atoms with Gasteiger partial charge in [0.25, 0.3) is 21.2 Å². The minimum atomic E-state index is -6.21. The third-order valence-electron chi connectivity index (χ3n) is 3.99. The molecular formula is C10H12Li4N5O15P3. The fourth-order valence-corrected chi connectivity index (χ4v) is 5.66. The number of nitrogens with two attached hydrogens (primary N) is 1. The number of hydrogen-bond acceptors (Lipinski definition) is 17. The summed E-state index contributed by atoms with van der Waals surface area (Å²) in [6.07, 6.45) is -7.37. The Hall–Kier alpha value is 0.630. The zero-order valence-corrected chi connectivity index (χ0v) is 22.2. The number of nitrogens with zero attached hydrogens (tertiary/aromatic N) is 2. The van der Waals surface area contributed by atoms with Crippen LogP contribution in [0.2, 0.25) is 0 Å². The van der Waals surface area contributed by atoms with Gasteiger partial charge >= 0.3 is 81.1 Å². The normalized spacial score (nSPS) is 24.5. The summed E-state index contributed by atoms with van der Waals surface area (Å²) in [6, 6.07) is 0. The van der Waals surface area contributed by atoms with Crippen molar-refractivity contribution in [3.63, 3.8) is 0 Å². The molecule has 2 aromatic heterocycles. The number of imidazole rings is 1. The Bertz CT molecular complexity index is 1330. The topological polar surface area (TPSA) is 330 Å². The summed E-state index contributed by atoms with van der Waals surface area (Å²) in [5, 5.41) is 20.3. The van der Waals surface area contributed by atoms with Crippen molar-refractivity contribution < 1.29 is 137 Å². The van der Waals surface area contributed by atoms with Gasteiger partial charge in [-0.25, -0.2) is 13.7 Å². The van der Waals surface area contributed by atoms with Crippen LogP contribution in [0.1, 0.15) is 6.23 Å². The molecular weight excluding hydrogens is 551 g/mol. The number of aromatic nitrogens is 4. The number of aliphatic hydroxyl groups is 2. The van der Waals surface area contributed by atoms with Gasteiger partial charge in [-0.2, -0.15) is 4.98 Å². The number of nitrogen functional groups attached to an aromatic ring is 1. The molecule has 37 heavy (non-hydrogen) atoms. The molecule has 1 saturated heterocycles. The number of anilines is 1. The van der Waals surface area contributed by atoms with Crippen molar-refractivity contribution in [1.82, 2.24) is 19.5 Å². The molecule has 0 saturated carbocycles. The number of H-pyrrole nitrogens is 2. The van der Waals surface area contributed by atoms with Crippen LogP contribution in [0, 0.1) is 0 Å². The Kier molecular flexibility index (Phi) is 15.6. The van der Waals surface area contributed by atoms with Crippen LogP contribution in [0.25, 0.3) is 11.2 Å². The summed E-state index contributed by atoms with van der Waals surface area (Å²) >= 11 is 0. The maximum absolute atomic E-state index is 12.2. The zero-order valence-electron chi connectivity index (χ0n) is 19.5. The molecule has 0 bridgehead atoms. The van der Waals surface area contributed by atoms with Gasteiger partial charge in [-0.05, 0) is 0 Å². The molecule has 0 amide bonds. The molecule has 1 aliphatic rings. The minimum Gasteiger partial charge on any atom is -0.790 e. The molecule has 3 heterocycles. The van der Waals surface area contributed by atoms with Crippen LogP contribution in [-0.2, 0) is 31.6 Å². The minimum absolute atomic E-state index is 0. The molecule has 186 valence electrons. The van der Waals surface area contributed by atoms with E-state index in [9.17, 15) is 53.1 Å². The second-order valence-corrected chi connectivity index (χ2v) is 10.5. The summed E-state index contributed by atoms with van der Waals surface area (Å²) in [6.45, 7) is -1.23. The number of fused-ring (bicyclic) bond motifs is 1. The van der Waals surface area contributed by atoms with Crippen LogP contribution in [0.3, 0.4) is 0 Å². The van der Waals surface area contributed by atoms with Crippen LogP contribution >= 0.6 is 23.5 Å². The Morgan fingerprint density at radius 3 is 2.08 bits per heavy atom. The molecule has 3 rings (SSSR count). The number of nitrogens with one attached hydrogen (secondary N) is 2. The van der Waals surface area contributed by atoms with Gasteiger partial charge in [0.05, 0.1) is 14.4 Å². The van der Waals surface area contributed by atoms with Gasteiger partial charge in [-0.15, -0.1) is 0 Å². The van der Waals surface area contributed by atoms with E-state index in [-0.39, 0.29) is 86.6 Å². The summed E-state index contributed by atoms with van der Waals surface area (Å²) in [5.41, 5.74) is 2.77. The van der Waals surface area contributed by atoms with Crippen molar-refractivity contribution in [3.05, 3.63) is 20.8 Å². The van der Waals surface area contributed by atoms with E-state index < -0.39 is 71.8 Å². The van der Waals surface area contributed by atoms with E-state index in [1.54, 1.807) is 0 Å². The van der Waals surface area contributed by atoms with Crippen molar-refractivity contribution in [1.29, 1.82) is 0 Å². The molecule has 1 fully saturated rings. The van der Waals surface area contributed by atoms with Crippen LogP contribution < -0.4 is 112 Å². The predicted octanol–water partition coefficient (Wildman–Crippen LogP) is -17.6. The standard InChI is InChI=1S/C10H16N5O15P3.4Li/c11-9-13-6-3(7(18)14-9)12-10(19)15(6)8-5(17)4(16)2(28-8)1-27-32(23,24)30-33(25,26)29-31(20,21)22;;;;/h2,4-5,8,16-17H,1H2,(H,12,19)(H,23,24)(H,25,26)(H2,20,21,22)(H3,11,13,14,18);;;;/q;4*+1/p-4. The quantitative estimate of drug-likeness (QED) is 0.147. The van der Waals surface area contributed by atoms with Gasteiger partial charge in [0.1, 0.15) is 18.3 Å². The third-order valence-corrected chi connectivity index (χ3v) is 7.65. The van der Waals surface area contributed by atoms with Gasteiger partial charge in [-0.3, -0.25) is 28.2 Å². The van der Waals surface area contributed by atoms with Crippen molar-refractivity contribution >= 4 is 40.6 Å². The molecule has 2 aromatic rings. The Labute approximate surface area is 253 Å². The first kappa shape index (κ1) is 39.8. The Balaban J connectivity index is 0. The van der Waals surface area contributed by atoms with E-state index in [0.29, 0.717) is 4.57 Å². The largest absolute Gasteiger partial charge is 1.00 e. The molecule has 6 N–H and O–H groups in total. The third kappa shape index (κ3) is 9.89. The SMILES string of the molecule is Nc1nc2c([nH]c(=O)n2C2OC(COP(=O)([O-])OP(=O)([O-])OP(=O)([O-])[O-])C(O)C2O)c(=O)[nH]1.[Li+].[Li+].[Li+].[Li+]. The van der Waals surface area contributed by atoms with Crippen LogP contribution in [0.15, 0.2) is 9.59 Å². The van der Waals surface area contributed by atoms with Crippen molar-refractivity contribution in [2.24, 2.45) is 0 Å². The van der Waals surface area contributed by atoms with E-state index in [4.69, 9.17) is 10.5 Å². The number of hydrogen-bond donors (Lipinski definition) is 5. The van der Waals surface area contributed by atoms with Crippen molar-refractivity contribution in [2.45, 2.75) is 24.5 Å². The number of ether oxygens (including phenoxy) is 1. The molecule has 20 nitrogen and oxygen atoms in total. The second kappa shape index (κ2) is 14.5. The molecule has 0 radical (unpaired) electrons. The first-order valence-electron chi connectivity index (χ1n) is 8.23. The summed E-state index contributed by atoms with van der Waals surface area (Å²) in [7, 11) is -18.3. The van der Waals surface area contributed by atoms with Gasteiger partial charge < -0.3 is 49.3 Å². The number of phosphoric acid groups is 3. The monoisotopic (exact) mass is 563 g/mol. The smallest absolute Gasteiger partial charge is 0.790 e. The maximum atomic E-state index is 12.2. The Morgan fingerprint density at radius 1 is 0.973 bits per heavy atom. The molecule has 6 unspecified atom stereocenters. The second-order valence-electron chi connectivity index (χ2n) is 6.30. The van der Waals surface area contributed by atoms with E-state index in [1.165, 1.54) is 0 Å². The molecule has 1 aliphatic heterocycles. The molecule has 0 spiro atoms. The van der Waals surface area contributed by atoms with Gasteiger partial charge in [0.2, 0.25) is 5.95 Å². The van der Waals surface area contributed by atoms with E-state index >= 15 is 0 Å². The molecule has 0 aliphatic carbocycles. The number of phosphoric ester groups is 1. The maximum Gasteiger partial charge on any atom is 1.00 e. The fraction of sp³-hybridized carbons (Fsp3) is 0.500. The number of aromatic amines is 2. The molecule has 27 heteroatoms. The Morgan fingerprint density at radius 2 is 1.54 bits per heavy atom. The first-order valence-corrected chi connectivity index (χ1v) is 12.6. The van der Waals surface area contributed by atoms with Crippen LogP contribution in [0.5, 0.6) is 0 Å². The number of aliphatic hydroxyl groups excluding tert-OH is 2. The summed E-state index contributed by atoms with van der Waals surface area (Å²) < 4.78 is 49.4. The van der Waals surface area contributed by atoms with E-state index in [0.717, 1.165) is 0 Å². The van der Waals surface area contributed by atoms with Gasteiger partial charge in [0.15, 0.2) is 17.4 Å². The summed E-state index contributed by atoms with van der Waals surface area (Å²) in [4.78, 5) is 75.4. The van der Waals surface area contributed by atoms with Crippen LogP contribution in [-0.4, -0.2) is 54.7 Å². The van der Waals surface area contributed by atoms with E-state index in [1.807, 2.05) is 0 Å². The fourth-order valence-electron chi connectivity index (χ4n) is 2.79. The zero-order chi connectivity index (χ0) is 24.9. The van der Waals surface area contributed by atoms with Crippen molar-refractivity contribution in [3.8, 4) is 0 Å². The summed E-state index contributed by atoms with van der Waals surface area (Å²) in [5.74, 6) is -0.414. The average molecular weight is 563 g/mol. The van der Waals surface area contributed by atoms with E-state index in [2.05, 4.69) is 28.1 Å². The molecule has 6 atom stereocenters. The van der Waals surface area contributed by atoms with Crippen LogP contribution in [0.4, 0.5) is 5.95 Å².